The van der Waals surface area contributed by atoms with Gasteiger partial charge in [-0.15, -0.1) is 0 Å². The highest BCUT2D eigenvalue weighted by Gasteiger charge is 2.74. The largest absolute Gasteiger partial charge is 0.467 e. The predicted octanol–water partition coefficient (Wildman–Crippen LogP) is 1.62. The van der Waals surface area contributed by atoms with E-state index in [-0.39, 0.29) is 24.5 Å². The molecule has 0 aromatic carbocycles. The number of methoxy groups -OCH3 is 1. The summed E-state index contributed by atoms with van der Waals surface area (Å²) in [5.74, 6) is -2.01. The Bertz CT molecular complexity index is 822. The number of aliphatic hydroxyl groups is 3. The molecule has 4 aliphatic carbocycles. The van der Waals surface area contributed by atoms with E-state index in [1.807, 2.05) is 0 Å². The Hall–Kier alpha value is -1.57. The molecule has 0 radical (unpaired) electrons. The summed E-state index contributed by atoms with van der Waals surface area (Å²) in [5.41, 5.74) is -5.27. The number of fused-ring (bicyclic) bond motifs is 5. The third kappa shape index (κ3) is 2.32. The highest BCUT2D eigenvalue weighted by molar-refractivity contribution is 6.01. The molecule has 0 bridgehead atoms. The first kappa shape index (κ1) is 20.7. The van der Waals surface area contributed by atoms with Gasteiger partial charge in [-0.05, 0) is 57.1 Å². The second-order valence-corrected chi connectivity index (χ2v) is 9.65. The van der Waals surface area contributed by atoms with Gasteiger partial charge in [0.05, 0.1) is 13.2 Å². The van der Waals surface area contributed by atoms with E-state index in [9.17, 15) is 24.9 Å². The zero-order valence-corrected chi connectivity index (χ0v) is 17.0. The van der Waals surface area contributed by atoms with Crippen LogP contribution in [0.1, 0.15) is 46.0 Å². The molecule has 4 rings (SSSR count). The second kappa shape index (κ2) is 6.22. The van der Waals surface area contributed by atoms with Crippen LogP contribution >= 0.6 is 0 Å². The molecule has 0 saturated heterocycles. The fraction of sp³-hybridized carbons (Fsp3) is 0.727. The number of carbonyl (C=O) groups excluding carboxylic acids is 2. The van der Waals surface area contributed by atoms with Gasteiger partial charge in [0, 0.05) is 16.7 Å². The maximum Gasteiger partial charge on any atom is 0.337 e. The predicted molar refractivity (Wildman–Crippen MR) is 101 cm³/mol. The minimum absolute atomic E-state index is 0.0973. The van der Waals surface area contributed by atoms with Crippen LogP contribution in [0.25, 0.3) is 0 Å². The minimum atomic E-state index is -2.00. The summed E-state index contributed by atoms with van der Waals surface area (Å²) in [4.78, 5) is 23.8. The first-order chi connectivity index (χ1) is 13.5. The number of hydrogen-bond donors (Lipinski definition) is 3. The first-order valence-electron chi connectivity index (χ1n) is 10.2. The Balaban J connectivity index is 1.78. The normalized spacial score (nSPS) is 49.6. The Kier molecular flexibility index (Phi) is 4.44. The van der Waals surface area contributed by atoms with E-state index in [1.165, 1.54) is 12.2 Å². The standard InChI is InChI=1S/C22H29FO6/c1-19-8-6-13(24)10-12(19)4-5-15-14-7-9-21(28,17(26)18(27)29-3)20(14,2)11-16(25)22(15,19)23/h6,8,10,14-17,25-26,28H,4-5,7,9,11H2,1-3H3/t14-,15-,16-,17+,19-,20-,21-,22-/m0/s1. The van der Waals surface area contributed by atoms with E-state index in [0.717, 1.165) is 7.11 Å². The fourth-order valence-corrected chi connectivity index (χ4v) is 7.00. The molecule has 0 heterocycles. The lowest BCUT2D eigenvalue weighted by molar-refractivity contribution is -0.236. The molecule has 160 valence electrons. The van der Waals surface area contributed by atoms with Gasteiger partial charge in [0.25, 0.3) is 0 Å². The van der Waals surface area contributed by atoms with Gasteiger partial charge in [-0.25, -0.2) is 9.18 Å². The number of rotatable bonds is 2. The van der Waals surface area contributed by atoms with E-state index < -0.39 is 46.2 Å². The highest BCUT2D eigenvalue weighted by Crippen LogP contribution is 2.70. The van der Waals surface area contributed by atoms with E-state index in [1.54, 1.807) is 19.9 Å². The SMILES string of the molecule is COC(=O)[C@@H](O)[C@@]1(O)CC[C@H]2[C@@H]3CCC4=CC(=O)C=C[C@]4(C)[C@@]3(F)[C@@H](O)C[C@@]21C. The van der Waals surface area contributed by atoms with Crippen LogP contribution in [-0.2, 0) is 14.3 Å². The zero-order chi connectivity index (χ0) is 21.4. The van der Waals surface area contributed by atoms with Crippen LogP contribution in [0.2, 0.25) is 0 Å². The first-order valence-corrected chi connectivity index (χ1v) is 10.2. The number of ether oxygens (including phenoxy) is 1. The van der Waals surface area contributed by atoms with Gasteiger partial charge in [-0.1, -0.05) is 18.6 Å². The molecule has 0 aromatic heterocycles. The van der Waals surface area contributed by atoms with Gasteiger partial charge in [-0.3, -0.25) is 4.79 Å². The Labute approximate surface area is 169 Å². The number of aliphatic hydroxyl groups excluding tert-OH is 2. The van der Waals surface area contributed by atoms with Crippen molar-refractivity contribution < 1.29 is 34.0 Å². The molecule has 0 spiro atoms. The van der Waals surface area contributed by atoms with Crippen LogP contribution in [0.4, 0.5) is 4.39 Å². The smallest absolute Gasteiger partial charge is 0.337 e. The van der Waals surface area contributed by atoms with Crippen molar-refractivity contribution in [2.24, 2.45) is 22.7 Å². The summed E-state index contributed by atoms with van der Waals surface area (Å²) in [7, 11) is 1.14. The number of alkyl halides is 1. The number of allylic oxidation sites excluding steroid dienone is 4. The number of hydrogen-bond acceptors (Lipinski definition) is 6. The summed E-state index contributed by atoms with van der Waals surface area (Å²) in [6.07, 6.45) is 2.65. The van der Waals surface area contributed by atoms with Crippen molar-refractivity contribution in [2.75, 3.05) is 7.11 Å². The molecule has 0 aliphatic heterocycles. The molecule has 0 aromatic rings. The molecule has 3 N–H and O–H groups in total. The van der Waals surface area contributed by atoms with E-state index >= 15 is 4.39 Å². The van der Waals surface area contributed by atoms with Crippen LogP contribution in [-0.4, -0.2) is 57.7 Å². The summed E-state index contributed by atoms with van der Waals surface area (Å²) >= 11 is 0. The molecule has 0 amide bonds. The van der Waals surface area contributed by atoms with Crippen molar-refractivity contribution in [1.82, 2.24) is 0 Å². The van der Waals surface area contributed by atoms with E-state index in [4.69, 9.17) is 0 Å². The molecule has 6 nitrogen and oxygen atoms in total. The maximum atomic E-state index is 16.9. The summed E-state index contributed by atoms with van der Waals surface area (Å²) < 4.78 is 21.5. The average Bonchev–Trinajstić information content (AvgIpc) is 2.94. The molecule has 29 heavy (non-hydrogen) atoms. The van der Waals surface area contributed by atoms with Crippen LogP contribution < -0.4 is 0 Å². The van der Waals surface area contributed by atoms with Crippen LogP contribution in [0.3, 0.4) is 0 Å². The molecule has 3 saturated carbocycles. The second-order valence-electron chi connectivity index (χ2n) is 9.65. The van der Waals surface area contributed by atoms with Gasteiger partial charge in [0.1, 0.15) is 5.60 Å². The third-order valence-electron chi connectivity index (χ3n) is 8.73. The van der Waals surface area contributed by atoms with Crippen molar-refractivity contribution in [2.45, 2.75) is 69.4 Å². The molecule has 8 atom stereocenters. The average molecular weight is 408 g/mol. The lowest BCUT2D eigenvalue weighted by Gasteiger charge is -2.63. The van der Waals surface area contributed by atoms with Gasteiger partial charge >= 0.3 is 5.97 Å². The van der Waals surface area contributed by atoms with Crippen molar-refractivity contribution >= 4 is 11.8 Å². The van der Waals surface area contributed by atoms with Crippen molar-refractivity contribution in [3.8, 4) is 0 Å². The lowest BCUT2D eigenvalue weighted by Crippen LogP contribution is -2.69. The molecule has 7 heteroatoms. The number of halogens is 1. The third-order valence-corrected chi connectivity index (χ3v) is 8.73. The highest BCUT2D eigenvalue weighted by atomic mass is 19.1. The molecule has 3 fully saturated rings. The number of ketones is 1. The van der Waals surface area contributed by atoms with Crippen LogP contribution in [0.5, 0.6) is 0 Å². The van der Waals surface area contributed by atoms with Crippen LogP contribution in [0.15, 0.2) is 23.8 Å². The van der Waals surface area contributed by atoms with E-state index in [2.05, 4.69) is 4.74 Å². The van der Waals surface area contributed by atoms with Gasteiger partial charge < -0.3 is 20.1 Å². The molecule has 4 aliphatic rings. The van der Waals surface area contributed by atoms with Gasteiger partial charge in [-0.2, -0.15) is 0 Å². The molecule has 0 unspecified atom stereocenters. The number of esters is 1. The van der Waals surface area contributed by atoms with Crippen LogP contribution in [0, 0.1) is 22.7 Å². The van der Waals surface area contributed by atoms with Crippen molar-refractivity contribution in [3.05, 3.63) is 23.8 Å². The Morgan fingerprint density at radius 3 is 2.66 bits per heavy atom. The summed E-state index contributed by atoms with van der Waals surface area (Å²) in [6.45, 7) is 3.46. The minimum Gasteiger partial charge on any atom is -0.467 e. The van der Waals surface area contributed by atoms with Crippen molar-refractivity contribution in [3.63, 3.8) is 0 Å². The molecular weight excluding hydrogens is 379 g/mol. The van der Waals surface area contributed by atoms with Gasteiger partial charge in [0.2, 0.25) is 0 Å². The van der Waals surface area contributed by atoms with E-state index in [0.29, 0.717) is 24.8 Å². The monoisotopic (exact) mass is 408 g/mol. The zero-order valence-electron chi connectivity index (χ0n) is 17.0. The summed E-state index contributed by atoms with van der Waals surface area (Å²) in [6, 6.07) is 0. The fourth-order valence-electron chi connectivity index (χ4n) is 7.00. The Morgan fingerprint density at radius 1 is 1.31 bits per heavy atom. The maximum absolute atomic E-state index is 16.9. The Morgan fingerprint density at radius 2 is 2.00 bits per heavy atom. The topological polar surface area (TPSA) is 104 Å². The molecular formula is C22H29FO6. The summed E-state index contributed by atoms with van der Waals surface area (Å²) in [5, 5.41) is 33.0. The number of carbonyl (C=O) groups is 2. The quantitative estimate of drug-likeness (QED) is 0.600. The van der Waals surface area contributed by atoms with Crippen molar-refractivity contribution in [1.29, 1.82) is 0 Å². The lowest BCUT2D eigenvalue weighted by atomic mass is 9.44. The van der Waals surface area contributed by atoms with Gasteiger partial charge in [0.15, 0.2) is 17.6 Å².